The molecule has 0 heterocycles. The lowest BCUT2D eigenvalue weighted by Crippen LogP contribution is -2.49. The van der Waals surface area contributed by atoms with Gasteiger partial charge in [-0.25, -0.2) is 0 Å². The molecule has 4 rings (SSSR count). The quantitative estimate of drug-likeness (QED) is 0.354. The zero-order valence-corrected chi connectivity index (χ0v) is 21.6. The van der Waals surface area contributed by atoms with Crippen molar-refractivity contribution >= 4 is 17.7 Å². The van der Waals surface area contributed by atoms with E-state index in [1.807, 2.05) is 6.08 Å². The number of allylic oxidation sites excluding steroid dienone is 4. The highest BCUT2D eigenvalue weighted by molar-refractivity contribution is 5.95. The monoisotopic (exact) mass is 470 g/mol. The molecule has 3 unspecified atom stereocenters. The van der Waals surface area contributed by atoms with Crippen LogP contribution in [0.3, 0.4) is 0 Å². The average molecular weight is 471 g/mol. The number of esters is 2. The van der Waals surface area contributed by atoms with E-state index in [0.29, 0.717) is 36.5 Å². The van der Waals surface area contributed by atoms with Crippen LogP contribution in [-0.2, 0) is 23.9 Å². The van der Waals surface area contributed by atoms with E-state index in [1.165, 1.54) is 24.8 Å². The first kappa shape index (κ1) is 25.2. The van der Waals surface area contributed by atoms with Crippen LogP contribution >= 0.6 is 0 Å². The van der Waals surface area contributed by atoms with E-state index in [4.69, 9.17) is 9.47 Å². The molecule has 0 saturated heterocycles. The number of fused-ring (bicyclic) bond motifs is 5. The predicted molar refractivity (Wildman–Crippen MR) is 131 cm³/mol. The number of ketones is 1. The molecule has 0 bridgehead atoms. The van der Waals surface area contributed by atoms with Crippen LogP contribution in [0.15, 0.2) is 23.8 Å². The van der Waals surface area contributed by atoms with Gasteiger partial charge >= 0.3 is 11.9 Å². The van der Waals surface area contributed by atoms with Crippen LogP contribution < -0.4 is 0 Å². The van der Waals surface area contributed by atoms with E-state index in [-0.39, 0.29) is 35.7 Å². The molecule has 0 aromatic heterocycles. The fourth-order valence-electron chi connectivity index (χ4n) is 8.28. The summed E-state index contributed by atoms with van der Waals surface area (Å²) in [5.41, 5.74) is 1.54. The van der Waals surface area contributed by atoms with Gasteiger partial charge in [0.25, 0.3) is 0 Å². The molecule has 2 saturated carbocycles. The van der Waals surface area contributed by atoms with Gasteiger partial charge < -0.3 is 9.47 Å². The maximum Gasteiger partial charge on any atom is 0.320 e. The lowest BCUT2D eigenvalue weighted by Gasteiger charge is -2.56. The van der Waals surface area contributed by atoms with Crippen molar-refractivity contribution in [3.05, 3.63) is 23.8 Å². The summed E-state index contributed by atoms with van der Waals surface area (Å²) in [4.78, 5) is 37.2. The Kier molecular flexibility index (Phi) is 7.13. The fourth-order valence-corrected chi connectivity index (χ4v) is 8.28. The van der Waals surface area contributed by atoms with Crippen molar-refractivity contribution in [2.45, 2.75) is 79.6 Å². The number of hydrogen-bond donors (Lipinski definition) is 0. The maximum absolute atomic E-state index is 12.6. The van der Waals surface area contributed by atoms with Crippen molar-refractivity contribution < 1.29 is 23.9 Å². The molecule has 188 valence electrons. The van der Waals surface area contributed by atoms with Crippen LogP contribution in [0.2, 0.25) is 0 Å². The molecular formula is C29H42O5. The van der Waals surface area contributed by atoms with Crippen molar-refractivity contribution in [2.24, 2.45) is 46.3 Å². The van der Waals surface area contributed by atoms with Gasteiger partial charge in [-0.1, -0.05) is 32.9 Å². The Morgan fingerprint density at radius 3 is 2.35 bits per heavy atom. The Morgan fingerprint density at radius 2 is 1.71 bits per heavy atom. The molecule has 4 aliphatic carbocycles. The molecule has 34 heavy (non-hydrogen) atoms. The van der Waals surface area contributed by atoms with Gasteiger partial charge in [0.1, 0.15) is 0 Å². The van der Waals surface area contributed by atoms with Gasteiger partial charge in [0.2, 0.25) is 0 Å². The zero-order chi connectivity index (χ0) is 24.7. The van der Waals surface area contributed by atoms with Crippen molar-refractivity contribution in [2.75, 3.05) is 13.2 Å². The first-order chi connectivity index (χ1) is 16.2. The van der Waals surface area contributed by atoms with Crippen LogP contribution in [0, 0.1) is 46.3 Å². The summed E-state index contributed by atoms with van der Waals surface area (Å²) in [5.74, 6) is 0.962. The summed E-state index contributed by atoms with van der Waals surface area (Å²) in [6, 6.07) is 0. The summed E-state index contributed by atoms with van der Waals surface area (Å²) in [5, 5.41) is 0. The van der Waals surface area contributed by atoms with Gasteiger partial charge in [-0.2, -0.15) is 0 Å². The smallest absolute Gasteiger partial charge is 0.320 e. The highest BCUT2D eigenvalue weighted by Crippen LogP contribution is 2.66. The van der Waals surface area contributed by atoms with Crippen LogP contribution in [-0.4, -0.2) is 30.9 Å². The first-order valence-corrected chi connectivity index (χ1v) is 13.4. The number of carbonyl (C=O) groups excluding carboxylic acids is 3. The Hall–Kier alpha value is -1.91. The SMILES string of the molecule is CCOC(=O)C(C[C@@H](C)[C@H]1CCC2C3C=CC4=CC(=O)CC[C@]4(C)C3CC[C@@]21C)C(=O)OCC. The minimum absolute atomic E-state index is 0.108. The van der Waals surface area contributed by atoms with Crippen LogP contribution in [0.1, 0.15) is 79.6 Å². The summed E-state index contributed by atoms with van der Waals surface area (Å²) in [6.45, 7) is 11.1. The summed E-state index contributed by atoms with van der Waals surface area (Å²) < 4.78 is 10.5. The topological polar surface area (TPSA) is 69.7 Å². The Bertz CT molecular complexity index is 869. The minimum Gasteiger partial charge on any atom is -0.465 e. The van der Waals surface area contributed by atoms with E-state index in [2.05, 4.69) is 32.9 Å². The van der Waals surface area contributed by atoms with Gasteiger partial charge in [0.15, 0.2) is 11.7 Å². The lowest BCUT2D eigenvalue weighted by atomic mass is 9.48. The third-order valence-electron chi connectivity index (χ3n) is 10.0. The molecule has 0 aromatic carbocycles. The third kappa shape index (κ3) is 4.18. The van der Waals surface area contributed by atoms with E-state index in [0.717, 1.165) is 12.8 Å². The lowest BCUT2D eigenvalue weighted by molar-refractivity contribution is -0.163. The van der Waals surface area contributed by atoms with Crippen molar-refractivity contribution in [3.8, 4) is 0 Å². The normalized spacial score (nSPS) is 37.4. The number of hydrogen-bond acceptors (Lipinski definition) is 5. The van der Waals surface area contributed by atoms with Crippen LogP contribution in [0.4, 0.5) is 0 Å². The Morgan fingerprint density at radius 1 is 1.03 bits per heavy atom. The maximum atomic E-state index is 12.6. The summed E-state index contributed by atoms with van der Waals surface area (Å²) in [6.07, 6.45) is 13.3. The molecule has 2 fully saturated rings. The summed E-state index contributed by atoms with van der Waals surface area (Å²) in [7, 11) is 0. The second-order valence-electron chi connectivity index (χ2n) is 11.6. The van der Waals surface area contributed by atoms with E-state index < -0.39 is 17.9 Å². The largest absolute Gasteiger partial charge is 0.465 e. The molecular weight excluding hydrogens is 428 g/mol. The van der Waals surface area contributed by atoms with E-state index in [1.54, 1.807) is 13.8 Å². The van der Waals surface area contributed by atoms with Crippen LogP contribution in [0.5, 0.6) is 0 Å². The number of rotatable bonds is 7. The fraction of sp³-hybridized carbons (Fsp3) is 0.759. The van der Waals surface area contributed by atoms with E-state index in [9.17, 15) is 14.4 Å². The summed E-state index contributed by atoms with van der Waals surface area (Å²) >= 11 is 0. The second kappa shape index (κ2) is 9.62. The first-order valence-electron chi connectivity index (χ1n) is 13.4. The predicted octanol–water partition coefficient (Wildman–Crippen LogP) is 5.68. The molecule has 0 spiro atoms. The molecule has 0 aliphatic heterocycles. The molecule has 0 radical (unpaired) electrons. The van der Waals surface area contributed by atoms with Gasteiger partial charge in [-0.3, -0.25) is 14.4 Å². The standard InChI is InChI=1S/C29H42O5/c1-6-33-26(31)22(27(32)34-7-2)16-18(3)23-10-11-24-21-9-8-19-17-20(30)12-14-28(19,4)25(21)13-15-29(23,24)5/h8-9,17-18,21-25H,6-7,10-16H2,1-5H3/t18-,21?,23-,24?,25?,28+,29-/m1/s1. The van der Waals surface area contributed by atoms with Crippen LogP contribution in [0.25, 0.3) is 0 Å². The van der Waals surface area contributed by atoms with Gasteiger partial charge in [0, 0.05) is 6.42 Å². The van der Waals surface area contributed by atoms with Gasteiger partial charge in [-0.05, 0) is 104 Å². The molecule has 0 aromatic rings. The molecule has 4 aliphatic rings. The molecule has 7 atom stereocenters. The second-order valence-corrected chi connectivity index (χ2v) is 11.6. The molecule has 5 nitrogen and oxygen atoms in total. The van der Waals surface area contributed by atoms with Crippen molar-refractivity contribution in [1.29, 1.82) is 0 Å². The Labute approximate surface area is 204 Å². The van der Waals surface area contributed by atoms with Gasteiger partial charge in [0.05, 0.1) is 13.2 Å². The Balaban J connectivity index is 1.54. The van der Waals surface area contributed by atoms with Crippen molar-refractivity contribution in [3.63, 3.8) is 0 Å². The molecule has 0 amide bonds. The molecule has 5 heteroatoms. The minimum atomic E-state index is -0.838. The third-order valence-corrected chi connectivity index (χ3v) is 10.0. The highest BCUT2D eigenvalue weighted by Gasteiger charge is 2.58. The number of ether oxygens (including phenoxy) is 2. The van der Waals surface area contributed by atoms with E-state index >= 15 is 0 Å². The average Bonchev–Trinajstić information content (AvgIpc) is 3.15. The number of carbonyl (C=O) groups is 3. The zero-order valence-electron chi connectivity index (χ0n) is 21.6. The highest BCUT2D eigenvalue weighted by atomic mass is 16.6. The van der Waals surface area contributed by atoms with Gasteiger partial charge in [-0.15, -0.1) is 0 Å². The van der Waals surface area contributed by atoms with Crippen molar-refractivity contribution in [1.82, 2.24) is 0 Å². The molecule has 0 N–H and O–H groups in total.